The average molecular weight is 378 g/mol. The first-order chi connectivity index (χ1) is 13.8. The molecule has 0 aliphatic carbocycles. The van der Waals surface area contributed by atoms with Gasteiger partial charge in [0, 0.05) is 24.8 Å². The number of hydrogen-bond donors (Lipinski definition) is 2. The summed E-state index contributed by atoms with van der Waals surface area (Å²) in [5.41, 5.74) is 4.60. The monoisotopic (exact) mass is 377 g/mol. The van der Waals surface area contributed by atoms with Crippen LogP contribution >= 0.6 is 0 Å². The van der Waals surface area contributed by atoms with Crippen molar-refractivity contribution in [1.29, 1.82) is 0 Å². The Hall–Kier alpha value is -2.40. The number of aryl methyl sites for hydroxylation is 1. The van der Waals surface area contributed by atoms with Gasteiger partial charge in [0.05, 0.1) is 5.39 Å². The Kier molecular flexibility index (Phi) is 6.22. The van der Waals surface area contributed by atoms with Gasteiger partial charge in [-0.1, -0.05) is 36.2 Å². The lowest BCUT2D eigenvalue weighted by atomic mass is 10.0. The fourth-order valence-electron chi connectivity index (χ4n) is 4.05. The summed E-state index contributed by atoms with van der Waals surface area (Å²) in [6.07, 6.45) is 11.8. The maximum absolute atomic E-state index is 4.60. The molecule has 5 nitrogen and oxygen atoms in total. The molecule has 148 valence electrons. The average Bonchev–Trinajstić information content (AvgIpc) is 3.21. The molecule has 2 aliphatic heterocycles. The third-order valence-electron chi connectivity index (χ3n) is 5.68. The predicted octanol–water partition coefficient (Wildman–Crippen LogP) is 4.68. The van der Waals surface area contributed by atoms with Gasteiger partial charge in [-0.25, -0.2) is 9.97 Å². The molecule has 3 aromatic rings. The zero-order chi connectivity index (χ0) is 19.2. The van der Waals surface area contributed by atoms with Gasteiger partial charge in [-0.3, -0.25) is 0 Å². The molecule has 0 spiro atoms. The zero-order valence-electron chi connectivity index (χ0n) is 16.9. The second kappa shape index (κ2) is 9.20. The Morgan fingerprint density at radius 1 is 0.857 bits per heavy atom. The van der Waals surface area contributed by atoms with E-state index in [9.17, 15) is 0 Å². The van der Waals surface area contributed by atoms with Crippen molar-refractivity contribution in [2.45, 2.75) is 45.4 Å². The molecular formula is C23H31N5. The fourth-order valence-corrected chi connectivity index (χ4v) is 4.05. The Morgan fingerprint density at radius 3 is 2.21 bits per heavy atom. The van der Waals surface area contributed by atoms with Crippen molar-refractivity contribution in [3.8, 4) is 11.1 Å². The van der Waals surface area contributed by atoms with E-state index in [0.29, 0.717) is 0 Å². The van der Waals surface area contributed by atoms with Crippen LogP contribution in [0.1, 0.15) is 44.1 Å². The van der Waals surface area contributed by atoms with E-state index in [1.54, 1.807) is 6.33 Å². The lowest BCUT2D eigenvalue weighted by Gasteiger charge is -2.28. The molecule has 28 heavy (non-hydrogen) atoms. The largest absolute Gasteiger partial charge is 0.356 e. The molecule has 2 aliphatic rings. The number of piperidine rings is 2. The number of hydrogen-bond acceptors (Lipinski definition) is 4. The molecule has 0 atom stereocenters. The molecule has 0 bridgehead atoms. The van der Waals surface area contributed by atoms with Crippen LogP contribution in [0.2, 0.25) is 0 Å². The molecular weight excluding hydrogens is 346 g/mol. The number of aromatic amines is 1. The molecule has 0 radical (unpaired) electrons. The van der Waals surface area contributed by atoms with Crippen LogP contribution in [-0.4, -0.2) is 41.1 Å². The normalized spacial score (nSPS) is 17.2. The van der Waals surface area contributed by atoms with Crippen LogP contribution in [0.3, 0.4) is 0 Å². The maximum Gasteiger partial charge on any atom is 0.143 e. The van der Waals surface area contributed by atoms with E-state index < -0.39 is 0 Å². The highest BCUT2D eigenvalue weighted by atomic mass is 15.2. The van der Waals surface area contributed by atoms with Gasteiger partial charge in [-0.2, -0.15) is 0 Å². The smallest absolute Gasteiger partial charge is 0.143 e. The molecule has 0 saturated carbocycles. The highest BCUT2D eigenvalue weighted by Gasteiger charge is 2.19. The van der Waals surface area contributed by atoms with E-state index >= 15 is 0 Å². The fraction of sp³-hybridized carbons (Fsp3) is 0.478. The van der Waals surface area contributed by atoms with Crippen molar-refractivity contribution < 1.29 is 0 Å². The first-order valence-corrected chi connectivity index (χ1v) is 10.7. The van der Waals surface area contributed by atoms with Gasteiger partial charge in [0.15, 0.2) is 0 Å². The number of nitrogens with one attached hydrogen (secondary N) is 2. The highest BCUT2D eigenvalue weighted by molar-refractivity contribution is 6.01. The highest BCUT2D eigenvalue weighted by Crippen LogP contribution is 2.34. The van der Waals surface area contributed by atoms with Crippen molar-refractivity contribution in [2.24, 2.45) is 0 Å². The maximum atomic E-state index is 4.60. The molecule has 5 rings (SSSR count). The van der Waals surface area contributed by atoms with Crippen molar-refractivity contribution in [2.75, 3.05) is 31.1 Å². The summed E-state index contributed by atoms with van der Waals surface area (Å²) in [6.45, 7) is 6.79. The summed E-state index contributed by atoms with van der Waals surface area (Å²) < 4.78 is 0. The van der Waals surface area contributed by atoms with Crippen molar-refractivity contribution >= 4 is 16.9 Å². The molecule has 2 fully saturated rings. The lowest BCUT2D eigenvalue weighted by molar-refractivity contribution is 0.520. The Labute approximate surface area is 167 Å². The summed E-state index contributed by atoms with van der Waals surface area (Å²) in [5.74, 6) is 1.07. The number of nitrogens with zero attached hydrogens (tertiary/aromatic N) is 3. The number of fused-ring (bicyclic) bond motifs is 1. The summed E-state index contributed by atoms with van der Waals surface area (Å²) in [6, 6.07) is 8.65. The SMILES string of the molecule is C1CCNCC1.Cc1ccc(-c2c[nH]c3ncnc(N4CCCCC4)c23)cc1. The number of rotatable bonds is 2. The van der Waals surface area contributed by atoms with Crippen LogP contribution in [0.5, 0.6) is 0 Å². The summed E-state index contributed by atoms with van der Waals surface area (Å²) in [7, 11) is 0. The van der Waals surface area contributed by atoms with Gasteiger partial charge in [0.1, 0.15) is 17.8 Å². The predicted molar refractivity (Wildman–Crippen MR) is 117 cm³/mol. The van der Waals surface area contributed by atoms with Crippen LogP contribution in [0.25, 0.3) is 22.2 Å². The summed E-state index contributed by atoms with van der Waals surface area (Å²) in [4.78, 5) is 14.7. The Balaban J connectivity index is 0.000000275. The van der Waals surface area contributed by atoms with Gasteiger partial charge in [-0.15, -0.1) is 0 Å². The van der Waals surface area contributed by atoms with E-state index in [0.717, 1.165) is 29.9 Å². The van der Waals surface area contributed by atoms with Crippen LogP contribution in [0.15, 0.2) is 36.8 Å². The molecule has 2 N–H and O–H groups in total. The molecule has 5 heteroatoms. The minimum absolute atomic E-state index is 0.922. The van der Waals surface area contributed by atoms with Crippen molar-refractivity contribution in [3.05, 3.63) is 42.4 Å². The molecule has 0 unspecified atom stereocenters. The topological polar surface area (TPSA) is 56.8 Å². The van der Waals surface area contributed by atoms with Crippen LogP contribution in [0.4, 0.5) is 5.82 Å². The molecule has 1 aromatic carbocycles. The van der Waals surface area contributed by atoms with Crippen LogP contribution in [0, 0.1) is 6.92 Å². The van der Waals surface area contributed by atoms with E-state index in [1.165, 1.54) is 68.3 Å². The van der Waals surface area contributed by atoms with E-state index in [4.69, 9.17) is 0 Å². The van der Waals surface area contributed by atoms with Crippen molar-refractivity contribution in [3.63, 3.8) is 0 Å². The van der Waals surface area contributed by atoms with E-state index in [-0.39, 0.29) is 0 Å². The Bertz CT molecular complexity index is 862. The van der Waals surface area contributed by atoms with Gasteiger partial charge in [0.25, 0.3) is 0 Å². The van der Waals surface area contributed by atoms with Crippen LogP contribution in [-0.2, 0) is 0 Å². The first kappa shape index (κ1) is 18.9. The Morgan fingerprint density at radius 2 is 1.57 bits per heavy atom. The molecule has 2 aromatic heterocycles. The number of anilines is 1. The third-order valence-corrected chi connectivity index (χ3v) is 5.68. The van der Waals surface area contributed by atoms with E-state index in [1.807, 2.05) is 0 Å². The van der Waals surface area contributed by atoms with Gasteiger partial charge >= 0.3 is 0 Å². The first-order valence-electron chi connectivity index (χ1n) is 10.7. The minimum atomic E-state index is 0.922. The zero-order valence-corrected chi connectivity index (χ0v) is 16.9. The molecule has 2 saturated heterocycles. The summed E-state index contributed by atoms with van der Waals surface area (Å²) in [5, 5.41) is 4.43. The quantitative estimate of drug-likeness (QED) is 0.681. The second-order valence-corrected chi connectivity index (χ2v) is 7.85. The standard InChI is InChI=1S/C18H20N4.C5H11N/c1-13-5-7-14(8-6-13)15-11-19-17-16(15)18(21-12-20-17)22-9-3-2-4-10-22;1-2-4-6-5-3-1/h5-8,11-12H,2-4,9-10H2,1H3,(H,19,20,21);6H,1-5H2. The van der Waals surface area contributed by atoms with Crippen molar-refractivity contribution in [1.82, 2.24) is 20.3 Å². The number of benzene rings is 1. The number of H-pyrrole nitrogens is 1. The van der Waals surface area contributed by atoms with Gasteiger partial charge in [0.2, 0.25) is 0 Å². The van der Waals surface area contributed by atoms with Crippen LogP contribution < -0.4 is 10.2 Å². The lowest BCUT2D eigenvalue weighted by Crippen LogP contribution is -2.30. The van der Waals surface area contributed by atoms with E-state index in [2.05, 4.69) is 62.6 Å². The minimum Gasteiger partial charge on any atom is -0.356 e. The third kappa shape index (κ3) is 4.36. The second-order valence-electron chi connectivity index (χ2n) is 7.85. The molecule has 0 amide bonds. The molecule has 4 heterocycles. The number of aromatic nitrogens is 3. The van der Waals surface area contributed by atoms with Gasteiger partial charge in [-0.05, 0) is 57.7 Å². The van der Waals surface area contributed by atoms with Gasteiger partial charge < -0.3 is 15.2 Å². The summed E-state index contributed by atoms with van der Waals surface area (Å²) >= 11 is 0.